The van der Waals surface area contributed by atoms with E-state index in [1.807, 2.05) is 37.3 Å². The van der Waals surface area contributed by atoms with Gasteiger partial charge in [0.1, 0.15) is 0 Å². The summed E-state index contributed by atoms with van der Waals surface area (Å²) in [5.41, 5.74) is 0.817. The Kier molecular flexibility index (Phi) is 7.63. The SMILES string of the molecule is COCC[C@H](C)[C@]1(CC(=O)O)C[C@H](c2cccc(Cl)c2)[C@@H](c2ccc(Cl)cc2)NC1=O. The van der Waals surface area contributed by atoms with Crippen molar-refractivity contribution in [3.8, 4) is 0 Å². The highest BCUT2D eigenvalue weighted by Gasteiger charge is 2.52. The fourth-order valence-electron chi connectivity index (χ4n) is 4.61. The van der Waals surface area contributed by atoms with Crippen LogP contribution < -0.4 is 5.32 Å². The van der Waals surface area contributed by atoms with Crippen molar-refractivity contribution in [2.45, 2.75) is 38.1 Å². The quantitative estimate of drug-likeness (QED) is 0.543. The molecule has 7 heteroatoms. The lowest BCUT2D eigenvalue weighted by Gasteiger charge is -2.47. The van der Waals surface area contributed by atoms with E-state index in [-0.39, 0.29) is 30.2 Å². The van der Waals surface area contributed by atoms with E-state index in [0.29, 0.717) is 29.5 Å². The standard InChI is InChI=1S/C24H27Cl2NO4/c1-15(10-11-31-2)24(14-21(28)29)13-20(17-4-3-5-19(26)12-17)22(27-23(24)30)16-6-8-18(25)9-7-16/h3-9,12,15,20,22H,10-11,13-14H2,1-2H3,(H,27,30)(H,28,29)/t15-,20+,22+,24+/m0/s1. The second-order valence-electron chi connectivity index (χ2n) is 8.28. The third kappa shape index (κ3) is 5.22. The molecule has 1 fully saturated rings. The summed E-state index contributed by atoms with van der Waals surface area (Å²) in [6, 6.07) is 14.6. The Hall–Kier alpha value is -2.08. The van der Waals surface area contributed by atoms with Crippen LogP contribution in [0.15, 0.2) is 48.5 Å². The van der Waals surface area contributed by atoms with E-state index in [9.17, 15) is 14.7 Å². The van der Waals surface area contributed by atoms with E-state index in [2.05, 4.69) is 5.32 Å². The molecule has 1 aliphatic rings. The number of carbonyl (C=O) groups excluding carboxylic acids is 1. The third-order valence-electron chi connectivity index (χ3n) is 6.40. The van der Waals surface area contributed by atoms with Gasteiger partial charge in [-0.25, -0.2) is 0 Å². The molecule has 31 heavy (non-hydrogen) atoms. The van der Waals surface area contributed by atoms with Crippen LogP contribution in [0.3, 0.4) is 0 Å². The summed E-state index contributed by atoms with van der Waals surface area (Å²) in [5, 5.41) is 14.0. The van der Waals surface area contributed by atoms with Crippen molar-refractivity contribution in [2.24, 2.45) is 11.3 Å². The summed E-state index contributed by atoms with van der Waals surface area (Å²) in [6.07, 6.45) is 0.739. The summed E-state index contributed by atoms with van der Waals surface area (Å²) in [6.45, 7) is 2.39. The maximum Gasteiger partial charge on any atom is 0.304 e. The molecule has 0 spiro atoms. The lowest BCUT2D eigenvalue weighted by atomic mass is 9.61. The van der Waals surface area contributed by atoms with E-state index in [4.69, 9.17) is 27.9 Å². The first kappa shape index (κ1) is 23.6. The highest BCUT2D eigenvalue weighted by Crippen LogP contribution is 2.51. The Morgan fingerprint density at radius 2 is 1.90 bits per heavy atom. The van der Waals surface area contributed by atoms with Gasteiger partial charge in [-0.2, -0.15) is 0 Å². The monoisotopic (exact) mass is 463 g/mol. The molecule has 0 bridgehead atoms. The van der Waals surface area contributed by atoms with Crippen LogP contribution in [0.1, 0.15) is 49.3 Å². The largest absolute Gasteiger partial charge is 0.481 e. The molecule has 0 radical (unpaired) electrons. The molecule has 0 aromatic heterocycles. The summed E-state index contributed by atoms with van der Waals surface area (Å²) >= 11 is 12.3. The molecule has 0 unspecified atom stereocenters. The predicted octanol–water partition coefficient (Wildman–Crippen LogP) is 5.47. The van der Waals surface area contributed by atoms with Crippen molar-refractivity contribution < 1.29 is 19.4 Å². The summed E-state index contributed by atoms with van der Waals surface area (Å²) in [7, 11) is 1.60. The van der Waals surface area contributed by atoms with Crippen molar-refractivity contribution in [3.05, 3.63) is 69.7 Å². The van der Waals surface area contributed by atoms with Crippen LogP contribution >= 0.6 is 23.2 Å². The minimum atomic E-state index is -1.06. The minimum absolute atomic E-state index is 0.151. The van der Waals surface area contributed by atoms with Gasteiger partial charge >= 0.3 is 5.97 Å². The number of rotatable bonds is 8. The van der Waals surface area contributed by atoms with Gasteiger partial charge in [-0.05, 0) is 54.2 Å². The molecule has 2 N–H and O–H groups in total. The molecule has 0 saturated carbocycles. The van der Waals surface area contributed by atoms with E-state index in [1.165, 1.54) is 0 Å². The van der Waals surface area contributed by atoms with Crippen LogP contribution in [0.25, 0.3) is 0 Å². The first-order valence-electron chi connectivity index (χ1n) is 10.3. The molecular formula is C24H27Cl2NO4. The molecule has 1 saturated heterocycles. The highest BCUT2D eigenvalue weighted by molar-refractivity contribution is 6.30. The molecule has 0 aliphatic carbocycles. The van der Waals surface area contributed by atoms with E-state index in [1.54, 1.807) is 25.3 Å². The Bertz CT molecular complexity index is 933. The normalized spacial score (nSPS) is 24.5. The number of carbonyl (C=O) groups is 2. The Labute approximate surface area is 192 Å². The first-order chi connectivity index (χ1) is 14.8. The number of aliphatic carboxylic acids is 1. The molecule has 2 aromatic carbocycles. The van der Waals surface area contributed by atoms with Gasteiger partial charge in [0, 0.05) is 29.7 Å². The Balaban J connectivity index is 2.08. The van der Waals surface area contributed by atoms with E-state index < -0.39 is 11.4 Å². The number of carboxylic acid groups (broad SMARTS) is 1. The molecule has 5 nitrogen and oxygen atoms in total. The van der Waals surface area contributed by atoms with Crippen LogP contribution in [0.4, 0.5) is 0 Å². The zero-order valence-electron chi connectivity index (χ0n) is 17.6. The number of hydrogen-bond donors (Lipinski definition) is 2. The van der Waals surface area contributed by atoms with Crippen molar-refractivity contribution in [2.75, 3.05) is 13.7 Å². The number of ether oxygens (including phenoxy) is 1. The number of methoxy groups -OCH3 is 1. The van der Waals surface area contributed by atoms with Crippen molar-refractivity contribution in [1.82, 2.24) is 5.32 Å². The van der Waals surface area contributed by atoms with Gasteiger partial charge in [-0.1, -0.05) is 54.4 Å². The number of benzene rings is 2. The molecule has 2 aromatic rings. The number of nitrogens with one attached hydrogen (secondary N) is 1. The molecule has 4 atom stereocenters. The van der Waals surface area contributed by atoms with Gasteiger partial charge < -0.3 is 15.2 Å². The zero-order chi connectivity index (χ0) is 22.6. The lowest BCUT2D eigenvalue weighted by Crippen LogP contribution is -2.54. The second-order valence-corrected chi connectivity index (χ2v) is 9.15. The van der Waals surface area contributed by atoms with Crippen LogP contribution in [-0.2, 0) is 14.3 Å². The maximum atomic E-state index is 13.5. The molecular weight excluding hydrogens is 437 g/mol. The average molecular weight is 464 g/mol. The third-order valence-corrected chi connectivity index (χ3v) is 6.88. The number of amides is 1. The van der Waals surface area contributed by atoms with Gasteiger partial charge in [0.15, 0.2) is 0 Å². The lowest BCUT2D eigenvalue weighted by molar-refractivity contribution is -0.152. The van der Waals surface area contributed by atoms with Gasteiger partial charge in [0.25, 0.3) is 0 Å². The van der Waals surface area contributed by atoms with Crippen LogP contribution in [0.5, 0.6) is 0 Å². The topological polar surface area (TPSA) is 75.6 Å². The molecule has 166 valence electrons. The smallest absolute Gasteiger partial charge is 0.304 e. The van der Waals surface area contributed by atoms with Gasteiger partial charge in [0.05, 0.1) is 17.9 Å². The summed E-state index contributed by atoms with van der Waals surface area (Å²) in [4.78, 5) is 25.3. The van der Waals surface area contributed by atoms with Crippen LogP contribution in [0.2, 0.25) is 10.0 Å². The first-order valence-corrected chi connectivity index (χ1v) is 11.0. The van der Waals surface area contributed by atoms with Gasteiger partial charge in [-0.15, -0.1) is 0 Å². The van der Waals surface area contributed by atoms with Crippen molar-refractivity contribution in [3.63, 3.8) is 0 Å². The van der Waals surface area contributed by atoms with Crippen LogP contribution in [-0.4, -0.2) is 30.7 Å². The number of piperidine rings is 1. The molecule has 3 rings (SSSR count). The Morgan fingerprint density at radius 1 is 1.19 bits per heavy atom. The minimum Gasteiger partial charge on any atom is -0.481 e. The maximum absolute atomic E-state index is 13.5. The fraction of sp³-hybridized carbons (Fsp3) is 0.417. The number of carboxylic acids is 1. The molecule has 1 amide bonds. The van der Waals surface area contributed by atoms with E-state index in [0.717, 1.165) is 11.1 Å². The Morgan fingerprint density at radius 3 is 2.52 bits per heavy atom. The summed E-state index contributed by atoms with van der Waals surface area (Å²) in [5.74, 6) is -1.57. The molecule has 1 aliphatic heterocycles. The van der Waals surface area contributed by atoms with Crippen LogP contribution in [0, 0.1) is 11.3 Å². The van der Waals surface area contributed by atoms with Gasteiger partial charge in [-0.3, -0.25) is 9.59 Å². The van der Waals surface area contributed by atoms with Gasteiger partial charge in [0.2, 0.25) is 5.91 Å². The van der Waals surface area contributed by atoms with Crippen molar-refractivity contribution in [1.29, 1.82) is 0 Å². The fourth-order valence-corrected chi connectivity index (χ4v) is 4.94. The number of halogens is 2. The number of hydrogen-bond acceptors (Lipinski definition) is 3. The van der Waals surface area contributed by atoms with Crippen molar-refractivity contribution >= 4 is 35.1 Å². The zero-order valence-corrected chi connectivity index (χ0v) is 19.1. The summed E-state index contributed by atoms with van der Waals surface area (Å²) < 4.78 is 5.21. The molecule has 1 heterocycles. The van der Waals surface area contributed by atoms with E-state index >= 15 is 0 Å². The average Bonchev–Trinajstić information content (AvgIpc) is 2.73. The second kappa shape index (κ2) is 10.0. The highest BCUT2D eigenvalue weighted by atomic mass is 35.5. The predicted molar refractivity (Wildman–Crippen MR) is 121 cm³/mol.